The molecule has 1 amide bonds. The van der Waals surface area contributed by atoms with Crippen LogP contribution in [0.25, 0.3) is 0 Å². The summed E-state index contributed by atoms with van der Waals surface area (Å²) in [7, 11) is 0. The van der Waals surface area contributed by atoms with E-state index in [0.717, 1.165) is 47.3 Å². The zero-order chi connectivity index (χ0) is 36.7. The summed E-state index contributed by atoms with van der Waals surface area (Å²) in [5.41, 5.74) is 7.99. The Morgan fingerprint density at radius 3 is 2.06 bits per heavy atom. The highest BCUT2D eigenvalue weighted by atomic mass is 79.9. The highest BCUT2D eigenvalue weighted by Crippen LogP contribution is 2.55. The van der Waals surface area contributed by atoms with Crippen molar-refractivity contribution in [1.29, 1.82) is 0 Å². The average molecular weight is 754 g/mol. The number of hydrogen-bond acceptors (Lipinski definition) is 6. The molecular weight excluding hydrogens is 704 g/mol. The van der Waals surface area contributed by atoms with Crippen molar-refractivity contribution in [2.24, 2.45) is 10.8 Å². The number of halogens is 1. The van der Waals surface area contributed by atoms with Gasteiger partial charge >= 0.3 is 0 Å². The Morgan fingerprint density at radius 2 is 1.47 bits per heavy atom. The number of anilines is 1. The van der Waals surface area contributed by atoms with Gasteiger partial charge in [-0.25, -0.2) is 0 Å². The van der Waals surface area contributed by atoms with Gasteiger partial charge in [0.1, 0.15) is 0 Å². The minimum Gasteiger partial charge on any atom is -0.490 e. The fraction of sp³-hybridized carbons (Fsp3) is 0.419. The van der Waals surface area contributed by atoms with Crippen molar-refractivity contribution < 1.29 is 23.9 Å². The molecule has 3 aromatic carbocycles. The molecule has 0 aromatic heterocycles. The van der Waals surface area contributed by atoms with Crippen molar-refractivity contribution in [3.8, 4) is 11.5 Å². The lowest BCUT2D eigenvalue weighted by Gasteiger charge is -2.49. The van der Waals surface area contributed by atoms with Crippen molar-refractivity contribution >= 4 is 39.1 Å². The van der Waals surface area contributed by atoms with E-state index < -0.39 is 5.92 Å². The van der Waals surface area contributed by atoms with Gasteiger partial charge in [-0.05, 0) is 113 Å². The summed E-state index contributed by atoms with van der Waals surface area (Å²) in [6, 6.07) is 20.0. The molecule has 8 heteroatoms. The molecule has 1 N–H and O–H groups in total. The second kappa shape index (κ2) is 14.5. The van der Waals surface area contributed by atoms with Gasteiger partial charge in [-0.1, -0.05) is 64.1 Å². The van der Waals surface area contributed by atoms with Crippen LogP contribution in [0.2, 0.25) is 0 Å². The zero-order valence-electron chi connectivity index (χ0n) is 30.9. The number of hydrogen-bond donors (Lipinski definition) is 1. The number of carbonyl (C=O) groups is 3. The Labute approximate surface area is 310 Å². The van der Waals surface area contributed by atoms with Gasteiger partial charge in [0.2, 0.25) is 0 Å². The second-order valence-electron chi connectivity index (χ2n) is 15.8. The van der Waals surface area contributed by atoms with E-state index in [-0.39, 0.29) is 34.9 Å². The minimum atomic E-state index is -0.534. The first-order valence-corrected chi connectivity index (χ1v) is 18.8. The lowest BCUT2D eigenvalue weighted by atomic mass is 9.63. The van der Waals surface area contributed by atoms with Gasteiger partial charge in [-0.3, -0.25) is 14.4 Å². The van der Waals surface area contributed by atoms with E-state index >= 15 is 0 Å². The molecule has 0 fully saturated rings. The molecule has 1 aliphatic heterocycles. The van der Waals surface area contributed by atoms with Crippen LogP contribution in [-0.2, 0) is 20.8 Å². The smallest absolute Gasteiger partial charge is 0.262 e. The first kappa shape index (κ1) is 36.6. The van der Waals surface area contributed by atoms with Crippen LogP contribution in [0.15, 0.2) is 87.7 Å². The Balaban J connectivity index is 1.41. The Bertz CT molecular complexity index is 1890. The maximum atomic E-state index is 14.4. The molecule has 3 aliphatic rings. The van der Waals surface area contributed by atoms with Crippen LogP contribution in [0.1, 0.15) is 88.5 Å². The number of Topliss-reactive ketones (excluding diaryl/α,β-unsaturated/α-hetero) is 2. The summed E-state index contributed by atoms with van der Waals surface area (Å²) >= 11 is 3.73. The van der Waals surface area contributed by atoms with E-state index in [1.54, 1.807) is 0 Å². The van der Waals surface area contributed by atoms with E-state index in [2.05, 4.69) is 78.1 Å². The molecule has 268 valence electrons. The summed E-state index contributed by atoms with van der Waals surface area (Å²) < 4.78 is 12.8. The number of ketones is 2. The standard InChI is InChI=1S/C43H49BrN2O5/c1-8-50-36-20-29(19-31(44)41(36)51-25-37(49)45-30-15-14-26(2)27(3)18-30)38-39-32(21-42(4,5)23-34(39)47)46(17-16-28-12-10-9-11-13-28)33-22-43(6,7)24-35(48)40(33)38/h9-15,18-20,38H,8,16-17,21-25H2,1-7H3,(H,45,49). The molecule has 51 heavy (non-hydrogen) atoms. The molecule has 7 nitrogen and oxygen atoms in total. The minimum absolute atomic E-state index is 0.0811. The van der Waals surface area contributed by atoms with Crippen molar-refractivity contribution in [3.63, 3.8) is 0 Å². The topological polar surface area (TPSA) is 84.9 Å². The molecule has 0 saturated carbocycles. The van der Waals surface area contributed by atoms with Crippen LogP contribution in [-0.4, -0.2) is 42.1 Å². The van der Waals surface area contributed by atoms with Crippen molar-refractivity contribution in [2.45, 2.75) is 86.5 Å². The van der Waals surface area contributed by atoms with E-state index in [0.29, 0.717) is 58.8 Å². The summed E-state index contributed by atoms with van der Waals surface area (Å²) in [4.78, 5) is 44.0. The lowest BCUT2D eigenvalue weighted by Crippen LogP contribution is -2.45. The third kappa shape index (κ3) is 7.86. The number of ether oxygens (including phenoxy) is 2. The lowest BCUT2D eigenvalue weighted by molar-refractivity contribution is -0.120. The van der Waals surface area contributed by atoms with Gasteiger partial charge < -0.3 is 19.7 Å². The second-order valence-corrected chi connectivity index (χ2v) is 16.7. The largest absolute Gasteiger partial charge is 0.490 e. The number of amides is 1. The summed E-state index contributed by atoms with van der Waals surface area (Å²) in [5, 5.41) is 2.91. The third-order valence-electron chi connectivity index (χ3n) is 10.3. The van der Waals surface area contributed by atoms with E-state index in [1.807, 2.05) is 57.2 Å². The first-order chi connectivity index (χ1) is 24.2. The predicted octanol–water partition coefficient (Wildman–Crippen LogP) is 9.41. The molecule has 0 spiro atoms. The quantitative estimate of drug-likeness (QED) is 0.222. The summed E-state index contributed by atoms with van der Waals surface area (Å²) in [5.74, 6) is 0.175. The van der Waals surface area contributed by atoms with Crippen LogP contribution in [0.3, 0.4) is 0 Å². The van der Waals surface area contributed by atoms with Gasteiger partial charge in [0.05, 0.1) is 11.1 Å². The number of nitrogens with zero attached hydrogens (tertiary/aromatic N) is 1. The van der Waals surface area contributed by atoms with E-state index in [1.165, 1.54) is 5.56 Å². The van der Waals surface area contributed by atoms with Crippen LogP contribution in [0.5, 0.6) is 11.5 Å². The monoisotopic (exact) mass is 752 g/mol. The fourth-order valence-corrected chi connectivity index (χ4v) is 8.42. The SMILES string of the molecule is CCOc1cc(C2C3=C(CC(C)(C)CC3=O)N(CCc3ccccc3)C3=C2C(=O)CC(C)(C)C3)cc(Br)c1OCC(=O)Nc1ccc(C)c(C)c1. The Morgan fingerprint density at radius 1 is 0.843 bits per heavy atom. The Kier molecular flexibility index (Phi) is 10.4. The van der Waals surface area contributed by atoms with Crippen molar-refractivity contribution in [1.82, 2.24) is 4.90 Å². The van der Waals surface area contributed by atoms with E-state index in [9.17, 15) is 14.4 Å². The highest BCUT2D eigenvalue weighted by Gasteiger charge is 2.49. The molecule has 3 aromatic rings. The van der Waals surface area contributed by atoms with Crippen LogP contribution in [0.4, 0.5) is 5.69 Å². The number of nitrogens with one attached hydrogen (secondary N) is 1. The predicted molar refractivity (Wildman–Crippen MR) is 205 cm³/mol. The molecule has 0 unspecified atom stereocenters. The molecule has 1 heterocycles. The summed E-state index contributed by atoms with van der Waals surface area (Å²) in [6.07, 6.45) is 3.09. The van der Waals surface area contributed by atoms with Crippen LogP contribution in [0, 0.1) is 24.7 Å². The number of aryl methyl sites for hydroxylation is 2. The van der Waals surface area contributed by atoms with Gasteiger partial charge in [0, 0.05) is 53.5 Å². The summed E-state index contributed by atoms with van der Waals surface area (Å²) in [6.45, 7) is 15.4. The number of carbonyl (C=O) groups excluding carboxylic acids is 3. The van der Waals surface area contributed by atoms with Gasteiger partial charge in [0.25, 0.3) is 5.91 Å². The van der Waals surface area contributed by atoms with Gasteiger partial charge in [-0.15, -0.1) is 0 Å². The molecule has 0 bridgehead atoms. The Hall–Kier alpha value is -4.17. The van der Waals surface area contributed by atoms with E-state index in [4.69, 9.17) is 9.47 Å². The molecule has 0 radical (unpaired) electrons. The van der Waals surface area contributed by atoms with Crippen molar-refractivity contribution in [3.05, 3.63) is 110 Å². The van der Waals surface area contributed by atoms with Crippen molar-refractivity contribution in [2.75, 3.05) is 25.1 Å². The number of rotatable bonds is 10. The molecule has 0 saturated heterocycles. The average Bonchev–Trinajstić information content (AvgIpc) is 3.04. The number of allylic oxidation sites excluding steroid dienone is 4. The third-order valence-corrected chi connectivity index (χ3v) is 10.9. The van der Waals surface area contributed by atoms with Crippen LogP contribution >= 0.6 is 15.9 Å². The molecular formula is C43H49BrN2O5. The number of benzene rings is 3. The maximum absolute atomic E-state index is 14.4. The normalized spacial score (nSPS) is 18.4. The first-order valence-electron chi connectivity index (χ1n) is 18.0. The fourth-order valence-electron chi connectivity index (χ4n) is 7.85. The molecule has 6 rings (SSSR count). The van der Waals surface area contributed by atoms with Gasteiger partial charge in [0.15, 0.2) is 29.7 Å². The molecule has 2 aliphatic carbocycles. The zero-order valence-corrected chi connectivity index (χ0v) is 32.5. The highest BCUT2D eigenvalue weighted by molar-refractivity contribution is 9.10. The van der Waals surface area contributed by atoms with Crippen LogP contribution < -0.4 is 14.8 Å². The van der Waals surface area contributed by atoms with Gasteiger partial charge in [-0.2, -0.15) is 0 Å². The maximum Gasteiger partial charge on any atom is 0.262 e. The molecule has 0 atom stereocenters.